The van der Waals surface area contributed by atoms with Gasteiger partial charge in [-0.25, -0.2) is 0 Å². The molecule has 1 amide bonds. The van der Waals surface area contributed by atoms with Crippen molar-refractivity contribution in [3.05, 3.63) is 66.2 Å². The van der Waals surface area contributed by atoms with Gasteiger partial charge in [0, 0.05) is 11.3 Å². The van der Waals surface area contributed by atoms with Crippen LogP contribution in [0.5, 0.6) is 0 Å². The number of benzene rings is 2. The van der Waals surface area contributed by atoms with E-state index in [4.69, 9.17) is 0 Å². The molecule has 0 unspecified atom stereocenters. The summed E-state index contributed by atoms with van der Waals surface area (Å²) in [5.74, 6) is -0.0600. The molecule has 0 aliphatic heterocycles. The number of ketones is 1. The highest BCUT2D eigenvalue weighted by Gasteiger charge is 2.24. The first-order valence-corrected chi connectivity index (χ1v) is 7.21. The maximum atomic E-state index is 12.3. The Kier molecular flexibility index (Phi) is 5.07. The van der Waals surface area contributed by atoms with Crippen molar-refractivity contribution in [2.45, 2.75) is 0 Å². The normalized spacial score (nSPS) is 11.0. The van der Waals surface area contributed by atoms with Crippen LogP contribution >= 0.6 is 0 Å². The Morgan fingerprint density at radius 2 is 1.41 bits per heavy atom. The van der Waals surface area contributed by atoms with Gasteiger partial charge in [-0.15, -0.1) is 0 Å². The molecule has 0 bridgehead atoms. The SMILES string of the molecule is C[N+](C)(CC(=O)Nc1ccccc1)CC(=O)c1ccccc1. The molecule has 0 aliphatic rings. The zero-order chi connectivity index (χ0) is 16.0. The molecule has 0 saturated heterocycles. The standard InChI is InChI=1S/C18H20N2O2/c1-20(2,13-17(21)15-9-5-3-6-10-15)14-18(22)19-16-11-7-4-8-12-16/h3-12H,13-14H2,1-2H3/p+1. The molecule has 2 aromatic carbocycles. The van der Waals surface area contributed by atoms with Crippen molar-refractivity contribution in [2.75, 3.05) is 32.5 Å². The van der Waals surface area contributed by atoms with Gasteiger partial charge in [0.15, 0.2) is 6.54 Å². The molecule has 0 spiro atoms. The molecular weight excluding hydrogens is 276 g/mol. The fourth-order valence-electron chi connectivity index (χ4n) is 2.27. The number of quaternary nitrogens is 1. The molecular formula is C18H21N2O2+. The number of hydrogen-bond acceptors (Lipinski definition) is 2. The number of rotatable bonds is 6. The van der Waals surface area contributed by atoms with Crippen LogP contribution in [0.15, 0.2) is 60.7 Å². The summed E-state index contributed by atoms with van der Waals surface area (Å²) in [6.07, 6.45) is 0. The molecule has 0 saturated carbocycles. The number of carbonyl (C=O) groups is 2. The lowest BCUT2D eigenvalue weighted by Gasteiger charge is -2.28. The lowest BCUT2D eigenvalue weighted by Crippen LogP contribution is -2.48. The maximum Gasteiger partial charge on any atom is 0.279 e. The molecule has 0 aromatic heterocycles. The number of para-hydroxylation sites is 1. The summed E-state index contributed by atoms with van der Waals surface area (Å²) in [7, 11) is 3.76. The highest BCUT2D eigenvalue weighted by atomic mass is 16.2. The predicted molar refractivity (Wildman–Crippen MR) is 87.7 cm³/mol. The fourth-order valence-corrected chi connectivity index (χ4v) is 2.27. The van der Waals surface area contributed by atoms with Crippen LogP contribution in [0.1, 0.15) is 10.4 Å². The summed E-state index contributed by atoms with van der Waals surface area (Å²) in [4.78, 5) is 24.4. The monoisotopic (exact) mass is 297 g/mol. The van der Waals surface area contributed by atoms with Crippen LogP contribution in [-0.4, -0.2) is 43.4 Å². The summed E-state index contributed by atoms with van der Waals surface area (Å²) in [5, 5.41) is 2.85. The smallest absolute Gasteiger partial charge is 0.279 e. The number of amides is 1. The van der Waals surface area contributed by atoms with Crippen LogP contribution in [0.25, 0.3) is 0 Å². The van der Waals surface area contributed by atoms with Crippen molar-refractivity contribution in [3.63, 3.8) is 0 Å². The Balaban J connectivity index is 1.93. The first kappa shape index (κ1) is 15.9. The number of nitrogens with one attached hydrogen (secondary N) is 1. The van der Waals surface area contributed by atoms with Crippen molar-refractivity contribution < 1.29 is 14.1 Å². The molecule has 2 aromatic rings. The van der Waals surface area contributed by atoms with E-state index in [9.17, 15) is 9.59 Å². The largest absolute Gasteiger partial charge is 0.321 e. The van der Waals surface area contributed by atoms with Crippen molar-refractivity contribution in [3.8, 4) is 0 Å². The van der Waals surface area contributed by atoms with E-state index in [-0.39, 0.29) is 24.8 Å². The van der Waals surface area contributed by atoms with E-state index in [1.165, 1.54) is 0 Å². The Morgan fingerprint density at radius 3 is 2.00 bits per heavy atom. The van der Waals surface area contributed by atoms with Crippen molar-refractivity contribution in [1.82, 2.24) is 0 Å². The summed E-state index contributed by atoms with van der Waals surface area (Å²) < 4.78 is 0.312. The van der Waals surface area contributed by atoms with Gasteiger partial charge in [0.1, 0.15) is 6.54 Å². The lowest BCUT2D eigenvalue weighted by atomic mass is 10.1. The molecule has 0 heterocycles. The Labute approximate surface area is 131 Å². The first-order valence-electron chi connectivity index (χ1n) is 7.21. The van der Waals surface area contributed by atoms with E-state index in [1.807, 2.05) is 62.6 Å². The van der Waals surface area contributed by atoms with E-state index < -0.39 is 0 Å². The quantitative estimate of drug-likeness (QED) is 0.658. The topological polar surface area (TPSA) is 46.2 Å². The van der Waals surface area contributed by atoms with Gasteiger partial charge in [0.2, 0.25) is 5.78 Å². The highest BCUT2D eigenvalue weighted by Crippen LogP contribution is 2.08. The summed E-state index contributed by atoms with van der Waals surface area (Å²) in [6, 6.07) is 18.5. The van der Waals surface area contributed by atoms with Crippen molar-refractivity contribution in [2.24, 2.45) is 0 Å². The van der Waals surface area contributed by atoms with Crippen LogP contribution in [0.4, 0.5) is 5.69 Å². The molecule has 1 N–H and O–H groups in total. The molecule has 0 radical (unpaired) electrons. The third kappa shape index (κ3) is 4.82. The average Bonchev–Trinajstić information content (AvgIpc) is 2.48. The van der Waals surface area contributed by atoms with Gasteiger partial charge in [0.25, 0.3) is 5.91 Å². The van der Waals surface area contributed by atoms with Crippen LogP contribution in [0.3, 0.4) is 0 Å². The molecule has 0 aliphatic carbocycles. The van der Waals surface area contributed by atoms with Crippen LogP contribution in [-0.2, 0) is 4.79 Å². The second-order valence-electron chi connectivity index (χ2n) is 5.96. The van der Waals surface area contributed by atoms with Crippen LogP contribution in [0.2, 0.25) is 0 Å². The van der Waals surface area contributed by atoms with Crippen LogP contribution < -0.4 is 5.32 Å². The fraction of sp³-hybridized carbons (Fsp3) is 0.222. The van der Waals surface area contributed by atoms with E-state index in [0.717, 1.165) is 5.69 Å². The van der Waals surface area contributed by atoms with E-state index in [1.54, 1.807) is 12.1 Å². The minimum Gasteiger partial charge on any atom is -0.321 e. The molecule has 0 atom stereocenters. The second kappa shape index (κ2) is 7.00. The zero-order valence-corrected chi connectivity index (χ0v) is 13.0. The van der Waals surface area contributed by atoms with Gasteiger partial charge >= 0.3 is 0 Å². The molecule has 4 nitrogen and oxygen atoms in total. The van der Waals surface area contributed by atoms with Crippen LogP contribution in [0, 0.1) is 0 Å². The predicted octanol–water partition coefficient (Wildman–Crippen LogP) is 2.58. The number of Topliss-reactive ketones (excluding diaryl/α,β-unsaturated/α-hetero) is 1. The molecule has 114 valence electrons. The Hall–Kier alpha value is -2.46. The summed E-state index contributed by atoms with van der Waals surface area (Å²) in [5.41, 5.74) is 1.44. The minimum atomic E-state index is -0.0999. The van der Waals surface area contributed by atoms with E-state index in [2.05, 4.69) is 5.32 Å². The first-order chi connectivity index (χ1) is 10.5. The number of anilines is 1. The number of carbonyl (C=O) groups excluding carboxylic acids is 2. The third-order valence-electron chi connectivity index (χ3n) is 3.30. The number of hydrogen-bond donors (Lipinski definition) is 1. The summed E-state index contributed by atoms with van der Waals surface area (Å²) >= 11 is 0. The highest BCUT2D eigenvalue weighted by molar-refractivity contribution is 5.97. The van der Waals surface area contributed by atoms with Crippen molar-refractivity contribution >= 4 is 17.4 Å². The van der Waals surface area contributed by atoms with Gasteiger partial charge in [-0.05, 0) is 12.1 Å². The lowest BCUT2D eigenvalue weighted by molar-refractivity contribution is -0.873. The number of nitrogens with zero attached hydrogens (tertiary/aromatic N) is 1. The molecule has 2 rings (SSSR count). The van der Waals surface area contributed by atoms with E-state index >= 15 is 0 Å². The molecule has 22 heavy (non-hydrogen) atoms. The van der Waals surface area contributed by atoms with Gasteiger partial charge < -0.3 is 9.80 Å². The Bertz CT molecular complexity index is 637. The third-order valence-corrected chi connectivity index (χ3v) is 3.30. The number of likely N-dealkylation sites (N-methyl/N-ethyl adjacent to an activating group) is 1. The minimum absolute atomic E-state index is 0.0399. The second-order valence-corrected chi connectivity index (χ2v) is 5.96. The zero-order valence-electron chi connectivity index (χ0n) is 13.0. The van der Waals surface area contributed by atoms with Crippen molar-refractivity contribution in [1.29, 1.82) is 0 Å². The average molecular weight is 297 g/mol. The van der Waals surface area contributed by atoms with Gasteiger partial charge in [0.05, 0.1) is 14.1 Å². The van der Waals surface area contributed by atoms with Gasteiger partial charge in [-0.1, -0.05) is 48.5 Å². The molecule has 0 fully saturated rings. The summed E-state index contributed by atoms with van der Waals surface area (Å²) in [6.45, 7) is 0.527. The Morgan fingerprint density at radius 1 is 0.864 bits per heavy atom. The molecule has 4 heteroatoms. The van der Waals surface area contributed by atoms with Gasteiger partial charge in [-0.2, -0.15) is 0 Å². The van der Waals surface area contributed by atoms with E-state index in [0.29, 0.717) is 10.0 Å². The van der Waals surface area contributed by atoms with Gasteiger partial charge in [-0.3, -0.25) is 9.59 Å². The maximum absolute atomic E-state index is 12.3.